The zero-order chi connectivity index (χ0) is 7.49. The van der Waals surface area contributed by atoms with Crippen LogP contribution < -0.4 is 0 Å². The summed E-state index contributed by atoms with van der Waals surface area (Å²) in [5.41, 5.74) is -1.16. The van der Waals surface area contributed by atoms with Gasteiger partial charge in [0.2, 0.25) is 0 Å². The molecular weight excluding hydrogens is 140 g/mol. The Morgan fingerprint density at radius 1 is 1.44 bits per heavy atom. The van der Waals surface area contributed by atoms with E-state index in [0.717, 1.165) is 0 Å². The van der Waals surface area contributed by atoms with E-state index < -0.39 is 15.3 Å². The minimum Gasteiger partial charge on any atom is -0.377 e. The van der Waals surface area contributed by atoms with Crippen molar-refractivity contribution < 1.29 is 13.5 Å². The molecule has 0 aromatic rings. The predicted octanol–water partition coefficient (Wildman–Crippen LogP) is 0.150. The molecule has 0 aromatic heterocycles. The molecule has 0 unspecified atom stereocenters. The van der Waals surface area contributed by atoms with E-state index in [4.69, 9.17) is 5.11 Å². The summed E-state index contributed by atoms with van der Waals surface area (Å²) < 4.78 is 21.4. The summed E-state index contributed by atoms with van der Waals surface area (Å²) in [5.74, 6) is 0.0159. The maximum absolute atomic E-state index is 10.7. The highest BCUT2D eigenvalue weighted by Crippen LogP contribution is 2.01. The Labute approximate surface area is 55.6 Å². The third-order valence-electron chi connectivity index (χ3n) is 1.17. The summed E-state index contributed by atoms with van der Waals surface area (Å²) in [6.07, 6.45) is 0.274. The minimum atomic E-state index is -3.19. The van der Waals surface area contributed by atoms with Gasteiger partial charge >= 0.3 is 0 Å². The highest BCUT2D eigenvalue weighted by atomic mass is 32.2. The topological polar surface area (TPSA) is 54.4 Å². The van der Waals surface area contributed by atoms with Gasteiger partial charge in [-0.1, -0.05) is 13.8 Å². The Hall–Kier alpha value is -0.0900. The number of hydrogen-bond donors (Lipinski definition) is 1. The lowest BCUT2D eigenvalue weighted by molar-refractivity contribution is 0.245. The maximum Gasteiger partial charge on any atom is 0.176 e. The van der Waals surface area contributed by atoms with Crippen molar-refractivity contribution in [2.75, 3.05) is 5.75 Å². The molecule has 0 fully saturated rings. The van der Waals surface area contributed by atoms with Gasteiger partial charge in [0.25, 0.3) is 0 Å². The lowest BCUT2D eigenvalue weighted by Crippen LogP contribution is -2.21. The zero-order valence-electron chi connectivity index (χ0n) is 5.66. The van der Waals surface area contributed by atoms with Crippen LogP contribution in [0.3, 0.4) is 0 Å². The van der Waals surface area contributed by atoms with Crippen LogP contribution in [-0.4, -0.2) is 24.7 Å². The van der Waals surface area contributed by atoms with Crippen molar-refractivity contribution in [3.8, 4) is 0 Å². The molecule has 0 aliphatic carbocycles. The van der Waals surface area contributed by atoms with Crippen molar-refractivity contribution >= 4 is 9.84 Å². The molecule has 0 amide bonds. The molecule has 0 aliphatic heterocycles. The van der Waals surface area contributed by atoms with Crippen LogP contribution in [0.1, 0.15) is 20.3 Å². The Morgan fingerprint density at radius 3 is 2.00 bits per heavy atom. The normalized spacial score (nSPS) is 15.4. The van der Waals surface area contributed by atoms with Crippen LogP contribution in [0, 0.1) is 0 Å². The molecule has 0 radical (unpaired) electrons. The van der Waals surface area contributed by atoms with Crippen LogP contribution in [0.2, 0.25) is 0 Å². The molecule has 1 N–H and O–H groups in total. The minimum absolute atomic E-state index is 0.0159. The standard InChI is InChI=1S/C5H12O3S/c1-3-5(6)9(7,8)4-2/h5-6H,3-4H2,1-2H3/t5-/m0/s1. The fourth-order valence-corrected chi connectivity index (χ4v) is 1.34. The molecule has 0 rings (SSSR count). The summed E-state index contributed by atoms with van der Waals surface area (Å²) in [6, 6.07) is 0. The van der Waals surface area contributed by atoms with Gasteiger partial charge in [-0.05, 0) is 6.42 Å². The zero-order valence-corrected chi connectivity index (χ0v) is 6.48. The van der Waals surface area contributed by atoms with Crippen molar-refractivity contribution in [3.05, 3.63) is 0 Å². The molecule has 0 saturated carbocycles. The lowest BCUT2D eigenvalue weighted by Gasteiger charge is -2.05. The van der Waals surface area contributed by atoms with Crippen LogP contribution in [0.25, 0.3) is 0 Å². The highest BCUT2D eigenvalue weighted by Gasteiger charge is 2.17. The van der Waals surface area contributed by atoms with E-state index in [0.29, 0.717) is 0 Å². The number of sulfone groups is 1. The van der Waals surface area contributed by atoms with Crippen molar-refractivity contribution in [3.63, 3.8) is 0 Å². The second-order valence-corrected chi connectivity index (χ2v) is 4.26. The summed E-state index contributed by atoms with van der Waals surface area (Å²) in [7, 11) is -3.19. The summed E-state index contributed by atoms with van der Waals surface area (Å²) in [5, 5.41) is 8.80. The number of rotatable bonds is 3. The molecule has 0 spiro atoms. The molecule has 1 atom stereocenters. The van der Waals surface area contributed by atoms with Crippen molar-refractivity contribution in [2.24, 2.45) is 0 Å². The predicted molar refractivity (Wildman–Crippen MR) is 35.8 cm³/mol. The molecule has 0 aromatic carbocycles. The quantitative estimate of drug-likeness (QED) is 0.626. The maximum atomic E-state index is 10.7. The van der Waals surface area contributed by atoms with Gasteiger partial charge in [0.15, 0.2) is 15.3 Å². The molecule has 0 heterocycles. The van der Waals surface area contributed by atoms with Crippen LogP contribution in [0.5, 0.6) is 0 Å². The van der Waals surface area contributed by atoms with Crippen LogP contribution in [0.4, 0.5) is 0 Å². The van der Waals surface area contributed by atoms with Crippen molar-refractivity contribution in [2.45, 2.75) is 25.7 Å². The molecule has 0 aliphatic rings. The number of hydrogen-bond acceptors (Lipinski definition) is 3. The SMILES string of the molecule is CC[C@@H](O)S(=O)(=O)CC. The lowest BCUT2D eigenvalue weighted by atomic mass is 10.5. The first-order valence-corrected chi connectivity index (χ1v) is 4.65. The van der Waals surface area contributed by atoms with Gasteiger partial charge in [-0.25, -0.2) is 8.42 Å². The van der Waals surface area contributed by atoms with E-state index in [9.17, 15) is 8.42 Å². The first kappa shape index (κ1) is 8.91. The molecule has 0 bridgehead atoms. The highest BCUT2D eigenvalue weighted by molar-refractivity contribution is 7.91. The number of aliphatic hydroxyl groups excluding tert-OH is 1. The Balaban J connectivity index is 4.17. The molecule has 0 saturated heterocycles. The third kappa shape index (κ3) is 2.32. The van der Waals surface area contributed by atoms with Gasteiger partial charge in [-0.15, -0.1) is 0 Å². The van der Waals surface area contributed by atoms with Gasteiger partial charge in [-0.2, -0.15) is 0 Å². The van der Waals surface area contributed by atoms with Crippen molar-refractivity contribution in [1.82, 2.24) is 0 Å². The van der Waals surface area contributed by atoms with E-state index in [1.165, 1.54) is 6.92 Å². The van der Waals surface area contributed by atoms with Gasteiger partial charge in [0, 0.05) is 5.75 Å². The van der Waals surface area contributed by atoms with Crippen LogP contribution in [-0.2, 0) is 9.84 Å². The van der Waals surface area contributed by atoms with Gasteiger partial charge in [-0.3, -0.25) is 0 Å². The second-order valence-electron chi connectivity index (χ2n) is 1.81. The third-order valence-corrected chi connectivity index (χ3v) is 3.13. The Kier molecular flexibility index (Phi) is 3.14. The summed E-state index contributed by atoms with van der Waals surface area (Å²) in [4.78, 5) is 0. The smallest absolute Gasteiger partial charge is 0.176 e. The summed E-state index contributed by atoms with van der Waals surface area (Å²) in [6.45, 7) is 3.16. The largest absolute Gasteiger partial charge is 0.377 e. The first-order valence-electron chi connectivity index (χ1n) is 2.94. The van der Waals surface area contributed by atoms with E-state index >= 15 is 0 Å². The van der Waals surface area contributed by atoms with Crippen molar-refractivity contribution in [1.29, 1.82) is 0 Å². The fourth-order valence-electron chi connectivity index (χ4n) is 0.446. The summed E-state index contributed by atoms with van der Waals surface area (Å²) >= 11 is 0. The molecule has 9 heavy (non-hydrogen) atoms. The van der Waals surface area contributed by atoms with Gasteiger partial charge in [0.05, 0.1) is 0 Å². The molecule has 4 heteroatoms. The molecule has 56 valence electrons. The molecular formula is C5H12O3S. The van der Waals surface area contributed by atoms with Crippen LogP contribution in [0.15, 0.2) is 0 Å². The fraction of sp³-hybridized carbons (Fsp3) is 1.00. The molecule has 3 nitrogen and oxygen atoms in total. The van der Waals surface area contributed by atoms with E-state index in [-0.39, 0.29) is 12.2 Å². The van der Waals surface area contributed by atoms with Gasteiger partial charge in [0.1, 0.15) is 0 Å². The average molecular weight is 152 g/mol. The van der Waals surface area contributed by atoms with Gasteiger partial charge < -0.3 is 5.11 Å². The van der Waals surface area contributed by atoms with Crippen LogP contribution >= 0.6 is 0 Å². The average Bonchev–Trinajstić information content (AvgIpc) is 1.86. The monoisotopic (exact) mass is 152 g/mol. The number of aliphatic hydroxyl groups is 1. The van der Waals surface area contributed by atoms with E-state index in [1.807, 2.05) is 0 Å². The Bertz CT molecular complexity index is 159. The van der Waals surface area contributed by atoms with E-state index in [2.05, 4.69) is 0 Å². The first-order chi connectivity index (χ1) is 4.04. The Morgan fingerprint density at radius 2 is 1.89 bits per heavy atom. The second kappa shape index (κ2) is 3.17. The van der Waals surface area contributed by atoms with E-state index in [1.54, 1.807) is 6.92 Å².